The summed E-state index contributed by atoms with van der Waals surface area (Å²) in [6.45, 7) is 4.15. The highest BCUT2D eigenvalue weighted by Gasteiger charge is 2.38. The number of carbonyl (C=O) groups excluding carboxylic acids is 1. The standard InChI is InChI=1S/C18H24N2O/c1-12-16-5-3-2-4-14(16)10-17(12)19-18(21)20-9-8-15(11-20)13-6-7-13/h2-5,12-13,15,17H,6-11H2,1H3,(H,19,21)/t12-,15?,17+/m0/s1. The molecule has 1 unspecified atom stereocenters. The number of hydrogen-bond acceptors (Lipinski definition) is 1. The maximum atomic E-state index is 12.5. The third-order valence-corrected chi connectivity index (χ3v) is 5.70. The van der Waals surface area contributed by atoms with Crippen LogP contribution in [0.25, 0.3) is 0 Å². The highest BCUT2D eigenvalue weighted by Crippen LogP contribution is 2.41. The van der Waals surface area contributed by atoms with Crippen molar-refractivity contribution in [1.29, 1.82) is 0 Å². The Kier molecular flexibility index (Phi) is 3.16. The first-order valence-corrected chi connectivity index (χ1v) is 8.35. The number of nitrogens with one attached hydrogen (secondary N) is 1. The van der Waals surface area contributed by atoms with E-state index in [1.807, 2.05) is 4.90 Å². The maximum absolute atomic E-state index is 12.5. The lowest BCUT2D eigenvalue weighted by atomic mass is 10.0. The molecule has 21 heavy (non-hydrogen) atoms. The highest BCUT2D eigenvalue weighted by atomic mass is 16.2. The van der Waals surface area contributed by atoms with Crippen LogP contribution in [0.5, 0.6) is 0 Å². The molecule has 1 aromatic rings. The molecule has 3 atom stereocenters. The quantitative estimate of drug-likeness (QED) is 0.889. The Hall–Kier alpha value is -1.51. The van der Waals surface area contributed by atoms with Crippen molar-refractivity contribution >= 4 is 6.03 Å². The lowest BCUT2D eigenvalue weighted by Gasteiger charge is -2.23. The molecule has 2 amide bonds. The fraction of sp³-hybridized carbons (Fsp3) is 0.611. The largest absolute Gasteiger partial charge is 0.334 e. The van der Waals surface area contributed by atoms with Gasteiger partial charge in [-0.2, -0.15) is 0 Å². The van der Waals surface area contributed by atoms with Crippen molar-refractivity contribution in [3.8, 4) is 0 Å². The third kappa shape index (κ3) is 2.43. The minimum atomic E-state index is 0.155. The molecule has 0 aromatic heterocycles. The monoisotopic (exact) mass is 284 g/mol. The number of rotatable bonds is 2. The number of likely N-dealkylation sites (tertiary alicyclic amines) is 1. The van der Waals surface area contributed by atoms with Crippen molar-refractivity contribution in [2.24, 2.45) is 11.8 Å². The molecule has 3 aliphatic rings. The molecule has 3 nitrogen and oxygen atoms in total. The van der Waals surface area contributed by atoms with Gasteiger partial charge in [-0.15, -0.1) is 0 Å². The van der Waals surface area contributed by atoms with E-state index in [2.05, 4.69) is 36.5 Å². The Morgan fingerprint density at radius 1 is 1.19 bits per heavy atom. The Bertz CT molecular complexity index is 552. The van der Waals surface area contributed by atoms with Crippen LogP contribution in [-0.4, -0.2) is 30.1 Å². The van der Waals surface area contributed by atoms with Gasteiger partial charge < -0.3 is 10.2 Å². The molecule has 1 heterocycles. The second-order valence-corrected chi connectivity index (χ2v) is 7.08. The van der Waals surface area contributed by atoms with E-state index >= 15 is 0 Å². The molecule has 2 fully saturated rings. The van der Waals surface area contributed by atoms with E-state index in [1.54, 1.807) is 0 Å². The van der Waals surface area contributed by atoms with Crippen LogP contribution in [0.2, 0.25) is 0 Å². The Labute approximate surface area is 126 Å². The average Bonchev–Trinajstić information content (AvgIpc) is 3.14. The van der Waals surface area contributed by atoms with Gasteiger partial charge in [0.15, 0.2) is 0 Å². The van der Waals surface area contributed by atoms with E-state index in [-0.39, 0.29) is 12.1 Å². The fourth-order valence-electron chi connectivity index (χ4n) is 4.14. The number of carbonyl (C=O) groups is 1. The maximum Gasteiger partial charge on any atom is 0.317 e. The Morgan fingerprint density at radius 2 is 2.00 bits per heavy atom. The molecule has 1 saturated carbocycles. The molecule has 1 aromatic carbocycles. The van der Waals surface area contributed by atoms with Gasteiger partial charge in [0.25, 0.3) is 0 Å². The van der Waals surface area contributed by atoms with Crippen LogP contribution >= 0.6 is 0 Å². The van der Waals surface area contributed by atoms with E-state index in [0.717, 1.165) is 31.3 Å². The molecule has 4 rings (SSSR count). The normalized spacial score (nSPS) is 31.3. The van der Waals surface area contributed by atoms with Gasteiger partial charge in [0.05, 0.1) is 0 Å². The molecule has 2 aliphatic carbocycles. The predicted molar refractivity (Wildman–Crippen MR) is 83.3 cm³/mol. The molecule has 1 N–H and O–H groups in total. The summed E-state index contributed by atoms with van der Waals surface area (Å²) in [6, 6.07) is 9.00. The minimum Gasteiger partial charge on any atom is -0.334 e. The summed E-state index contributed by atoms with van der Waals surface area (Å²) in [5.74, 6) is 2.11. The molecule has 0 bridgehead atoms. The van der Waals surface area contributed by atoms with Crippen molar-refractivity contribution in [2.75, 3.05) is 13.1 Å². The number of urea groups is 1. The Morgan fingerprint density at radius 3 is 2.76 bits per heavy atom. The molecule has 1 saturated heterocycles. The number of fused-ring (bicyclic) bond motifs is 1. The zero-order valence-corrected chi connectivity index (χ0v) is 12.7. The smallest absolute Gasteiger partial charge is 0.317 e. The number of hydrogen-bond donors (Lipinski definition) is 1. The zero-order valence-electron chi connectivity index (χ0n) is 12.7. The fourth-order valence-corrected chi connectivity index (χ4v) is 4.14. The zero-order chi connectivity index (χ0) is 14.4. The number of benzene rings is 1. The van der Waals surface area contributed by atoms with Crippen LogP contribution in [0.3, 0.4) is 0 Å². The first kappa shape index (κ1) is 13.2. The van der Waals surface area contributed by atoms with E-state index in [4.69, 9.17) is 0 Å². The van der Waals surface area contributed by atoms with Gasteiger partial charge in [-0.1, -0.05) is 31.2 Å². The topological polar surface area (TPSA) is 32.3 Å². The third-order valence-electron chi connectivity index (χ3n) is 5.70. The van der Waals surface area contributed by atoms with Crippen LogP contribution < -0.4 is 5.32 Å². The Balaban J connectivity index is 1.37. The van der Waals surface area contributed by atoms with Crippen LogP contribution in [-0.2, 0) is 6.42 Å². The van der Waals surface area contributed by atoms with Crippen molar-refractivity contribution in [3.05, 3.63) is 35.4 Å². The van der Waals surface area contributed by atoms with E-state index in [0.29, 0.717) is 5.92 Å². The summed E-state index contributed by atoms with van der Waals surface area (Å²) in [5, 5.41) is 3.28. The SMILES string of the molecule is C[C@H]1c2ccccc2C[C@H]1NC(=O)N1CCC(C2CC2)C1. The molecular weight excluding hydrogens is 260 g/mol. The first-order chi connectivity index (χ1) is 10.2. The molecule has 112 valence electrons. The number of amides is 2. The molecular formula is C18H24N2O. The van der Waals surface area contributed by atoms with Crippen LogP contribution in [0.15, 0.2) is 24.3 Å². The second-order valence-electron chi connectivity index (χ2n) is 7.08. The summed E-state index contributed by atoms with van der Waals surface area (Å²) < 4.78 is 0. The van der Waals surface area contributed by atoms with E-state index < -0.39 is 0 Å². The summed E-state index contributed by atoms with van der Waals surface area (Å²) in [5.41, 5.74) is 2.80. The van der Waals surface area contributed by atoms with E-state index in [1.165, 1.54) is 30.4 Å². The predicted octanol–water partition coefficient (Wildman–Crippen LogP) is 3.16. The minimum absolute atomic E-state index is 0.155. The van der Waals surface area contributed by atoms with Gasteiger partial charge in [-0.05, 0) is 48.6 Å². The van der Waals surface area contributed by atoms with Crippen molar-refractivity contribution < 1.29 is 4.79 Å². The van der Waals surface area contributed by atoms with Gasteiger partial charge in [0.2, 0.25) is 0 Å². The molecule has 0 spiro atoms. The van der Waals surface area contributed by atoms with Crippen molar-refractivity contribution in [2.45, 2.75) is 44.6 Å². The second kappa shape index (κ2) is 5.04. The van der Waals surface area contributed by atoms with Gasteiger partial charge in [-0.3, -0.25) is 0 Å². The van der Waals surface area contributed by atoms with Gasteiger partial charge in [0.1, 0.15) is 0 Å². The summed E-state index contributed by atoms with van der Waals surface area (Å²) in [4.78, 5) is 14.5. The van der Waals surface area contributed by atoms with Crippen LogP contribution in [0.4, 0.5) is 4.79 Å². The lowest BCUT2D eigenvalue weighted by Crippen LogP contribution is -2.45. The van der Waals surface area contributed by atoms with E-state index in [9.17, 15) is 4.79 Å². The van der Waals surface area contributed by atoms with Gasteiger partial charge in [0, 0.05) is 25.0 Å². The summed E-state index contributed by atoms with van der Waals surface area (Å²) >= 11 is 0. The van der Waals surface area contributed by atoms with Crippen LogP contribution in [0.1, 0.15) is 43.2 Å². The van der Waals surface area contributed by atoms with Crippen molar-refractivity contribution in [1.82, 2.24) is 10.2 Å². The number of nitrogens with zero attached hydrogens (tertiary/aromatic N) is 1. The molecule has 1 aliphatic heterocycles. The van der Waals surface area contributed by atoms with Crippen molar-refractivity contribution in [3.63, 3.8) is 0 Å². The average molecular weight is 284 g/mol. The summed E-state index contributed by atoms with van der Waals surface area (Å²) in [6.07, 6.45) is 4.95. The highest BCUT2D eigenvalue weighted by molar-refractivity contribution is 5.75. The first-order valence-electron chi connectivity index (χ1n) is 8.35. The molecule has 3 heteroatoms. The van der Waals surface area contributed by atoms with Gasteiger partial charge in [-0.25, -0.2) is 4.79 Å². The van der Waals surface area contributed by atoms with Gasteiger partial charge >= 0.3 is 6.03 Å². The lowest BCUT2D eigenvalue weighted by molar-refractivity contribution is 0.201. The molecule has 0 radical (unpaired) electrons. The summed E-state index contributed by atoms with van der Waals surface area (Å²) in [7, 11) is 0. The van der Waals surface area contributed by atoms with Crippen LogP contribution in [0, 0.1) is 11.8 Å².